The van der Waals surface area contributed by atoms with E-state index in [0.29, 0.717) is 6.54 Å². The van der Waals surface area contributed by atoms with Crippen LogP contribution in [0.4, 0.5) is 5.69 Å². The van der Waals surface area contributed by atoms with Gasteiger partial charge in [-0.25, -0.2) is 0 Å². The van der Waals surface area contributed by atoms with Crippen LogP contribution in [0.1, 0.15) is 50.7 Å². The molecule has 2 N–H and O–H groups in total. The third kappa shape index (κ3) is 1.65. The number of hydrogen-bond donors (Lipinski definition) is 1. The zero-order chi connectivity index (χ0) is 14.5. The Balaban J connectivity index is 2.11. The van der Waals surface area contributed by atoms with E-state index in [0.717, 1.165) is 11.3 Å². The summed E-state index contributed by atoms with van der Waals surface area (Å²) in [6, 6.07) is 6.53. The van der Waals surface area contributed by atoms with Gasteiger partial charge in [0.15, 0.2) is 0 Å². The third-order valence-electron chi connectivity index (χ3n) is 5.43. The van der Waals surface area contributed by atoms with Crippen LogP contribution in [-0.2, 0) is 15.6 Å². The highest BCUT2D eigenvalue weighted by molar-refractivity contribution is 6.07. The lowest BCUT2D eigenvalue weighted by Crippen LogP contribution is -2.34. The number of hydrogen-bond acceptors (Lipinski definition) is 2. The lowest BCUT2D eigenvalue weighted by molar-refractivity contribution is -0.121. The predicted octanol–water partition coefficient (Wildman–Crippen LogP) is 2.71. The van der Waals surface area contributed by atoms with Gasteiger partial charge in [0.2, 0.25) is 5.91 Å². The molecule has 1 fully saturated rings. The first kappa shape index (κ1) is 13.6. The molecule has 0 aromatic heterocycles. The number of rotatable bonds is 2. The molecule has 1 amide bonds. The van der Waals surface area contributed by atoms with Gasteiger partial charge in [0, 0.05) is 24.7 Å². The van der Waals surface area contributed by atoms with Crippen LogP contribution >= 0.6 is 0 Å². The Morgan fingerprint density at radius 2 is 1.90 bits per heavy atom. The van der Waals surface area contributed by atoms with Gasteiger partial charge >= 0.3 is 0 Å². The van der Waals surface area contributed by atoms with E-state index in [9.17, 15) is 4.79 Å². The molecule has 1 heterocycles. The summed E-state index contributed by atoms with van der Waals surface area (Å²) >= 11 is 0. The van der Waals surface area contributed by atoms with Crippen LogP contribution in [0, 0.1) is 0 Å². The van der Waals surface area contributed by atoms with Crippen molar-refractivity contribution in [2.75, 3.05) is 18.5 Å². The van der Waals surface area contributed by atoms with Crippen LogP contribution in [0.25, 0.3) is 0 Å². The minimum Gasteiger partial charge on any atom is -0.330 e. The summed E-state index contributed by atoms with van der Waals surface area (Å²) in [6.07, 6.45) is 4.87. The Bertz CT molecular complexity index is 556. The fraction of sp³-hybridized carbons (Fsp3) is 0.588. The van der Waals surface area contributed by atoms with Crippen molar-refractivity contribution in [1.29, 1.82) is 0 Å². The van der Waals surface area contributed by atoms with Gasteiger partial charge in [0.1, 0.15) is 0 Å². The zero-order valence-electron chi connectivity index (χ0n) is 12.7. The molecule has 0 saturated heterocycles. The molecule has 1 aliphatic heterocycles. The van der Waals surface area contributed by atoms with Crippen molar-refractivity contribution in [3.8, 4) is 0 Å². The number of carbonyl (C=O) groups excluding carboxylic acids is 1. The second-order valence-corrected chi connectivity index (χ2v) is 6.91. The van der Waals surface area contributed by atoms with Gasteiger partial charge in [-0.1, -0.05) is 25.0 Å². The second kappa shape index (κ2) is 4.32. The zero-order valence-corrected chi connectivity index (χ0v) is 12.7. The smallest absolute Gasteiger partial charge is 0.236 e. The summed E-state index contributed by atoms with van der Waals surface area (Å²) < 4.78 is 0. The monoisotopic (exact) mass is 272 g/mol. The number of likely N-dealkylation sites (N-methyl/N-ethyl adjacent to an activating group) is 1. The molecule has 0 bridgehead atoms. The maximum absolute atomic E-state index is 12.4. The van der Waals surface area contributed by atoms with E-state index in [4.69, 9.17) is 5.73 Å². The fourth-order valence-electron chi connectivity index (χ4n) is 3.97. The van der Waals surface area contributed by atoms with Gasteiger partial charge < -0.3 is 10.6 Å². The Morgan fingerprint density at radius 3 is 2.50 bits per heavy atom. The van der Waals surface area contributed by atoms with Crippen molar-refractivity contribution in [3.05, 3.63) is 29.3 Å². The number of anilines is 1. The Kier molecular flexibility index (Phi) is 2.94. The van der Waals surface area contributed by atoms with E-state index >= 15 is 0 Å². The van der Waals surface area contributed by atoms with Crippen molar-refractivity contribution in [2.24, 2.45) is 5.73 Å². The molecular formula is C17H24N2O. The SMILES string of the molecule is CN1C(=O)C(C)(C)c2cc(C3(CN)CCCC3)ccc21. The number of carbonyl (C=O) groups is 1. The molecule has 0 atom stereocenters. The number of fused-ring (bicyclic) bond motifs is 1. The van der Waals surface area contributed by atoms with Crippen molar-refractivity contribution >= 4 is 11.6 Å². The van der Waals surface area contributed by atoms with E-state index in [2.05, 4.69) is 18.2 Å². The molecule has 1 aromatic rings. The van der Waals surface area contributed by atoms with Crippen LogP contribution in [0.15, 0.2) is 18.2 Å². The number of amides is 1. The van der Waals surface area contributed by atoms with Crippen LogP contribution in [-0.4, -0.2) is 19.5 Å². The quantitative estimate of drug-likeness (QED) is 0.899. The van der Waals surface area contributed by atoms with Gasteiger partial charge in [0.25, 0.3) is 0 Å². The summed E-state index contributed by atoms with van der Waals surface area (Å²) in [7, 11) is 1.86. The van der Waals surface area contributed by atoms with E-state index in [1.807, 2.05) is 20.9 Å². The summed E-state index contributed by atoms with van der Waals surface area (Å²) in [6.45, 7) is 4.74. The highest BCUT2D eigenvalue weighted by Gasteiger charge is 2.43. The van der Waals surface area contributed by atoms with Gasteiger partial charge in [0.05, 0.1) is 5.41 Å². The van der Waals surface area contributed by atoms with Crippen LogP contribution < -0.4 is 10.6 Å². The maximum atomic E-state index is 12.4. The molecule has 20 heavy (non-hydrogen) atoms. The average molecular weight is 272 g/mol. The van der Waals surface area contributed by atoms with Crippen molar-refractivity contribution in [2.45, 2.75) is 50.4 Å². The van der Waals surface area contributed by atoms with Gasteiger partial charge in [-0.05, 0) is 43.9 Å². The highest BCUT2D eigenvalue weighted by atomic mass is 16.2. The molecule has 1 aromatic carbocycles. The summed E-state index contributed by atoms with van der Waals surface area (Å²) in [4.78, 5) is 14.1. The average Bonchev–Trinajstić information content (AvgIpc) is 3.00. The van der Waals surface area contributed by atoms with Crippen molar-refractivity contribution in [3.63, 3.8) is 0 Å². The maximum Gasteiger partial charge on any atom is 0.236 e. The molecule has 0 radical (unpaired) electrons. The molecule has 0 unspecified atom stereocenters. The third-order valence-corrected chi connectivity index (χ3v) is 5.43. The molecule has 3 heteroatoms. The minimum absolute atomic E-state index is 0.134. The van der Waals surface area contributed by atoms with Gasteiger partial charge in [-0.2, -0.15) is 0 Å². The highest BCUT2D eigenvalue weighted by Crippen LogP contribution is 2.46. The lowest BCUT2D eigenvalue weighted by atomic mass is 9.76. The topological polar surface area (TPSA) is 46.3 Å². The predicted molar refractivity (Wildman–Crippen MR) is 82.1 cm³/mol. The molecule has 1 aliphatic carbocycles. The van der Waals surface area contributed by atoms with E-state index in [1.165, 1.54) is 31.2 Å². The Morgan fingerprint density at radius 1 is 1.25 bits per heavy atom. The van der Waals surface area contributed by atoms with E-state index in [-0.39, 0.29) is 11.3 Å². The summed E-state index contributed by atoms with van der Waals surface area (Å²) in [5, 5.41) is 0. The normalized spacial score (nSPS) is 23.2. The molecule has 0 spiro atoms. The van der Waals surface area contributed by atoms with Crippen molar-refractivity contribution < 1.29 is 4.79 Å². The minimum atomic E-state index is -0.422. The van der Waals surface area contributed by atoms with E-state index in [1.54, 1.807) is 4.90 Å². The lowest BCUT2D eigenvalue weighted by Gasteiger charge is -2.29. The van der Waals surface area contributed by atoms with E-state index < -0.39 is 5.41 Å². The molecule has 2 aliphatic rings. The standard InChI is InChI=1S/C17H24N2O/c1-16(2)13-10-12(17(11-18)8-4-5-9-17)6-7-14(13)19(3)15(16)20/h6-7,10H,4-5,8-9,11,18H2,1-3H3. The van der Waals surface area contributed by atoms with Crippen LogP contribution in [0.5, 0.6) is 0 Å². The van der Waals surface area contributed by atoms with Gasteiger partial charge in [-0.15, -0.1) is 0 Å². The number of nitrogens with two attached hydrogens (primary N) is 1. The summed E-state index contributed by atoms with van der Waals surface area (Å²) in [5.41, 5.74) is 9.33. The van der Waals surface area contributed by atoms with Gasteiger partial charge in [-0.3, -0.25) is 4.79 Å². The number of nitrogens with zero attached hydrogens (tertiary/aromatic N) is 1. The second-order valence-electron chi connectivity index (χ2n) is 6.91. The number of benzene rings is 1. The first-order valence-electron chi connectivity index (χ1n) is 7.56. The molecule has 1 saturated carbocycles. The van der Waals surface area contributed by atoms with Crippen LogP contribution in [0.2, 0.25) is 0 Å². The first-order valence-corrected chi connectivity index (χ1v) is 7.56. The van der Waals surface area contributed by atoms with Crippen molar-refractivity contribution in [1.82, 2.24) is 0 Å². The largest absolute Gasteiger partial charge is 0.330 e. The first-order chi connectivity index (χ1) is 9.42. The Labute approximate surface area is 121 Å². The molecule has 108 valence electrons. The fourth-order valence-corrected chi connectivity index (χ4v) is 3.97. The Hall–Kier alpha value is -1.35. The van der Waals surface area contributed by atoms with Crippen LogP contribution in [0.3, 0.4) is 0 Å². The molecular weight excluding hydrogens is 248 g/mol. The summed E-state index contributed by atoms with van der Waals surface area (Å²) in [5.74, 6) is 0.179. The molecule has 3 nitrogen and oxygen atoms in total. The molecule has 3 rings (SSSR count).